The summed E-state index contributed by atoms with van der Waals surface area (Å²) in [7, 11) is 0. The van der Waals surface area contributed by atoms with Gasteiger partial charge in [-0.05, 0) is 37.3 Å². The van der Waals surface area contributed by atoms with Crippen molar-refractivity contribution >= 4 is 17.4 Å². The Kier molecular flexibility index (Phi) is 5.77. The van der Waals surface area contributed by atoms with E-state index in [0.29, 0.717) is 17.3 Å². The Bertz CT molecular complexity index is 750. The molecule has 5 heteroatoms. The van der Waals surface area contributed by atoms with Crippen molar-refractivity contribution < 1.29 is 4.79 Å². The number of nitrogens with one attached hydrogen (secondary N) is 2. The van der Waals surface area contributed by atoms with E-state index in [1.807, 2.05) is 24.3 Å². The second kappa shape index (κ2) is 7.64. The fraction of sp³-hybridized carbons (Fsp3) is 0.450. The number of para-hydroxylation sites is 1. The van der Waals surface area contributed by atoms with Gasteiger partial charge in [-0.25, -0.2) is 9.97 Å². The number of hydrogen-bond acceptors (Lipinski definition) is 4. The van der Waals surface area contributed by atoms with E-state index in [4.69, 9.17) is 0 Å². The van der Waals surface area contributed by atoms with Crippen LogP contribution in [-0.2, 0) is 5.41 Å². The number of aromatic nitrogens is 2. The van der Waals surface area contributed by atoms with Crippen LogP contribution >= 0.6 is 0 Å². The van der Waals surface area contributed by atoms with E-state index >= 15 is 0 Å². The van der Waals surface area contributed by atoms with Crippen molar-refractivity contribution in [2.75, 3.05) is 10.6 Å². The minimum absolute atomic E-state index is 0.0608. The standard InChI is InChI=1S/C20H28N4O/c1-7-13(2)21-18-12-17(22-14(3)23-18)19(25)24-16-11-9-8-10-15(16)20(4,5)6/h8-13H,7H2,1-6H3,(H,24,25)(H,21,22,23). The van der Waals surface area contributed by atoms with Crippen molar-refractivity contribution in [3.63, 3.8) is 0 Å². The highest BCUT2D eigenvalue weighted by molar-refractivity contribution is 6.03. The third-order valence-corrected chi connectivity index (χ3v) is 4.06. The molecular weight excluding hydrogens is 312 g/mol. The first-order valence-electron chi connectivity index (χ1n) is 8.73. The molecule has 0 fully saturated rings. The zero-order chi connectivity index (χ0) is 18.6. The first-order valence-corrected chi connectivity index (χ1v) is 8.73. The minimum Gasteiger partial charge on any atom is -0.368 e. The van der Waals surface area contributed by atoms with Crippen LogP contribution in [0.25, 0.3) is 0 Å². The monoisotopic (exact) mass is 340 g/mol. The lowest BCUT2D eigenvalue weighted by Crippen LogP contribution is -2.21. The van der Waals surface area contributed by atoms with E-state index in [-0.39, 0.29) is 17.4 Å². The molecule has 25 heavy (non-hydrogen) atoms. The molecule has 1 unspecified atom stereocenters. The number of amides is 1. The Morgan fingerprint density at radius 2 is 1.88 bits per heavy atom. The highest BCUT2D eigenvalue weighted by atomic mass is 16.1. The maximum atomic E-state index is 12.7. The van der Waals surface area contributed by atoms with Crippen LogP contribution in [0.2, 0.25) is 0 Å². The molecule has 5 nitrogen and oxygen atoms in total. The number of carbonyl (C=O) groups excluding carboxylic acids is 1. The minimum atomic E-state index is -0.227. The maximum absolute atomic E-state index is 12.7. The zero-order valence-corrected chi connectivity index (χ0v) is 16.0. The van der Waals surface area contributed by atoms with Gasteiger partial charge in [0.1, 0.15) is 17.3 Å². The van der Waals surface area contributed by atoms with Crippen LogP contribution in [0.4, 0.5) is 11.5 Å². The summed E-state index contributed by atoms with van der Waals surface area (Å²) in [6, 6.07) is 9.85. The van der Waals surface area contributed by atoms with Crippen LogP contribution in [0.1, 0.15) is 62.9 Å². The smallest absolute Gasteiger partial charge is 0.274 e. The average Bonchev–Trinajstić information content (AvgIpc) is 2.53. The molecule has 0 radical (unpaired) electrons. The van der Waals surface area contributed by atoms with Crippen molar-refractivity contribution in [1.29, 1.82) is 0 Å². The highest BCUT2D eigenvalue weighted by Gasteiger charge is 2.20. The molecule has 1 aromatic heterocycles. The summed E-state index contributed by atoms with van der Waals surface area (Å²) in [5.41, 5.74) is 2.20. The fourth-order valence-electron chi connectivity index (χ4n) is 2.54. The molecule has 2 N–H and O–H groups in total. The summed E-state index contributed by atoms with van der Waals surface area (Å²) in [4.78, 5) is 21.4. The van der Waals surface area contributed by atoms with E-state index in [1.54, 1.807) is 13.0 Å². The Hall–Kier alpha value is -2.43. The Labute approximate surface area is 150 Å². The summed E-state index contributed by atoms with van der Waals surface area (Å²) in [6.45, 7) is 12.4. The summed E-state index contributed by atoms with van der Waals surface area (Å²) in [6.07, 6.45) is 0.976. The van der Waals surface area contributed by atoms with Crippen LogP contribution in [-0.4, -0.2) is 21.9 Å². The van der Waals surface area contributed by atoms with Gasteiger partial charge in [-0.2, -0.15) is 0 Å². The van der Waals surface area contributed by atoms with Crippen LogP contribution in [0.5, 0.6) is 0 Å². The third kappa shape index (κ3) is 5.02. The number of rotatable bonds is 5. The predicted molar refractivity (Wildman–Crippen MR) is 103 cm³/mol. The average molecular weight is 340 g/mol. The third-order valence-electron chi connectivity index (χ3n) is 4.06. The highest BCUT2D eigenvalue weighted by Crippen LogP contribution is 2.29. The molecule has 2 aromatic rings. The van der Waals surface area contributed by atoms with Crippen molar-refractivity contribution in [2.45, 2.75) is 59.4 Å². The molecule has 0 aliphatic carbocycles. The molecule has 134 valence electrons. The van der Waals surface area contributed by atoms with Crippen LogP contribution in [0, 0.1) is 6.92 Å². The lowest BCUT2D eigenvalue weighted by molar-refractivity contribution is 0.102. The molecule has 0 aliphatic rings. The van der Waals surface area contributed by atoms with Gasteiger partial charge in [0.25, 0.3) is 5.91 Å². The van der Waals surface area contributed by atoms with Crippen LogP contribution in [0.15, 0.2) is 30.3 Å². The quantitative estimate of drug-likeness (QED) is 0.838. The van der Waals surface area contributed by atoms with Gasteiger partial charge < -0.3 is 10.6 Å². The lowest BCUT2D eigenvalue weighted by atomic mass is 9.86. The Morgan fingerprint density at radius 3 is 2.52 bits per heavy atom. The molecule has 1 heterocycles. The van der Waals surface area contributed by atoms with Crippen LogP contribution < -0.4 is 10.6 Å². The van der Waals surface area contributed by atoms with Gasteiger partial charge in [0.15, 0.2) is 0 Å². The van der Waals surface area contributed by atoms with Crippen molar-refractivity contribution in [3.05, 3.63) is 47.4 Å². The van der Waals surface area contributed by atoms with Crippen molar-refractivity contribution in [3.8, 4) is 0 Å². The van der Waals surface area contributed by atoms with Crippen molar-refractivity contribution in [1.82, 2.24) is 9.97 Å². The van der Waals surface area contributed by atoms with E-state index in [0.717, 1.165) is 17.7 Å². The number of hydrogen-bond donors (Lipinski definition) is 2. The lowest BCUT2D eigenvalue weighted by Gasteiger charge is -2.23. The Balaban J connectivity index is 2.28. The number of aryl methyl sites for hydroxylation is 1. The topological polar surface area (TPSA) is 66.9 Å². The van der Waals surface area contributed by atoms with E-state index < -0.39 is 0 Å². The molecule has 1 atom stereocenters. The van der Waals surface area contributed by atoms with Gasteiger partial charge in [-0.3, -0.25) is 4.79 Å². The first-order chi connectivity index (χ1) is 11.7. The molecule has 0 saturated carbocycles. The molecule has 1 amide bonds. The summed E-state index contributed by atoms with van der Waals surface area (Å²) in [5.74, 6) is 1.02. The SMILES string of the molecule is CCC(C)Nc1cc(C(=O)Nc2ccccc2C(C)(C)C)nc(C)n1. The van der Waals surface area contributed by atoms with Gasteiger partial charge >= 0.3 is 0 Å². The van der Waals surface area contributed by atoms with E-state index in [9.17, 15) is 4.79 Å². The molecule has 1 aromatic carbocycles. The largest absolute Gasteiger partial charge is 0.368 e. The zero-order valence-electron chi connectivity index (χ0n) is 16.0. The predicted octanol–water partition coefficient (Wildman–Crippen LogP) is 4.55. The van der Waals surface area contributed by atoms with Crippen LogP contribution in [0.3, 0.4) is 0 Å². The molecule has 0 spiro atoms. The number of benzene rings is 1. The van der Waals surface area contributed by atoms with E-state index in [1.165, 1.54) is 0 Å². The summed E-state index contributed by atoms with van der Waals surface area (Å²) in [5, 5.41) is 6.29. The number of carbonyl (C=O) groups is 1. The van der Waals surface area contributed by atoms with E-state index in [2.05, 4.69) is 55.2 Å². The van der Waals surface area contributed by atoms with Gasteiger partial charge in [0.2, 0.25) is 0 Å². The molecule has 0 bridgehead atoms. The second-order valence-corrected chi connectivity index (χ2v) is 7.39. The maximum Gasteiger partial charge on any atom is 0.274 e. The molecule has 2 rings (SSSR count). The van der Waals surface area contributed by atoms with Gasteiger partial charge in [-0.1, -0.05) is 45.9 Å². The van der Waals surface area contributed by atoms with Gasteiger partial charge in [-0.15, -0.1) is 0 Å². The molecule has 0 saturated heterocycles. The Morgan fingerprint density at radius 1 is 1.20 bits per heavy atom. The number of nitrogens with zero attached hydrogens (tertiary/aromatic N) is 2. The van der Waals surface area contributed by atoms with Gasteiger partial charge in [0.05, 0.1) is 0 Å². The summed E-state index contributed by atoms with van der Waals surface area (Å²) >= 11 is 0. The summed E-state index contributed by atoms with van der Waals surface area (Å²) < 4.78 is 0. The molecular formula is C20H28N4O. The fourth-order valence-corrected chi connectivity index (χ4v) is 2.54. The van der Waals surface area contributed by atoms with Gasteiger partial charge in [0, 0.05) is 17.8 Å². The molecule has 0 aliphatic heterocycles. The van der Waals surface area contributed by atoms with Crippen molar-refractivity contribution in [2.24, 2.45) is 0 Å². The first kappa shape index (κ1) is 18.9. The second-order valence-electron chi connectivity index (χ2n) is 7.39. The normalized spacial score (nSPS) is 12.6. The number of anilines is 2.